The van der Waals surface area contributed by atoms with E-state index in [2.05, 4.69) is 5.32 Å². The molecule has 3 N–H and O–H groups in total. The predicted molar refractivity (Wildman–Crippen MR) is 100 cm³/mol. The zero-order valence-electron chi connectivity index (χ0n) is 14.6. The molecule has 1 aromatic rings. The number of thiophene rings is 1. The number of hydrogen-bond acceptors (Lipinski definition) is 7. The molecule has 0 spiro atoms. The number of rotatable bonds is 7. The average molecular weight is 424 g/mol. The smallest absolute Gasteiger partial charge is 0.352 e. The minimum Gasteiger partial charge on any atom is -0.478 e. The first kappa shape index (κ1) is 20.1. The summed E-state index contributed by atoms with van der Waals surface area (Å²) in [4.78, 5) is 49.5. The number of nitrogens with one attached hydrogen (secondary N) is 1. The normalized spacial score (nSPS) is 24.1. The van der Waals surface area contributed by atoms with E-state index in [1.165, 1.54) is 30.2 Å². The Morgan fingerprint density at radius 2 is 2.18 bits per heavy atom. The van der Waals surface area contributed by atoms with E-state index in [9.17, 15) is 24.3 Å². The Labute approximate surface area is 167 Å². The van der Waals surface area contributed by atoms with Crippen molar-refractivity contribution in [3.63, 3.8) is 0 Å². The third kappa shape index (κ3) is 3.43. The highest BCUT2D eigenvalue weighted by atomic mass is 32.2. The largest absolute Gasteiger partial charge is 0.478 e. The second-order valence-corrected chi connectivity index (χ2v) is 8.03. The van der Waals surface area contributed by atoms with Gasteiger partial charge in [-0.3, -0.25) is 14.5 Å². The van der Waals surface area contributed by atoms with Crippen molar-refractivity contribution in [2.75, 3.05) is 12.9 Å². The van der Waals surface area contributed by atoms with Crippen molar-refractivity contribution in [1.29, 1.82) is 0 Å². The highest BCUT2D eigenvalue weighted by Crippen LogP contribution is 2.46. The van der Waals surface area contributed by atoms with Crippen molar-refractivity contribution in [3.05, 3.63) is 45.8 Å². The van der Waals surface area contributed by atoms with Crippen LogP contribution in [0, 0.1) is 0 Å². The van der Waals surface area contributed by atoms with E-state index >= 15 is 0 Å². The first-order valence-corrected chi connectivity index (χ1v) is 9.94. The molecule has 3 heterocycles. The number of carboxylic acid groups (broad SMARTS) is 2. The Morgan fingerprint density at radius 3 is 2.75 bits per heavy atom. The molecule has 0 saturated carbocycles. The molecule has 0 aromatic carbocycles. The number of nitrogens with zero attached hydrogens (tertiary/aromatic N) is 1. The third-order valence-corrected chi connectivity index (χ3v) is 6.46. The minimum absolute atomic E-state index is 0.0711. The first-order chi connectivity index (χ1) is 13.3. The number of fused-ring (bicyclic) bond motifs is 1. The van der Waals surface area contributed by atoms with Gasteiger partial charge in [0.1, 0.15) is 11.1 Å². The second-order valence-electron chi connectivity index (χ2n) is 5.93. The SMILES string of the molecule is CO[C@@]1(NC(=O)Cc2cccs2)C(=O)N2C(C(=O)O)=C(/C=C/C(=O)O)CS[C@@H]21. The van der Waals surface area contributed by atoms with E-state index in [4.69, 9.17) is 9.84 Å². The Hall–Kier alpha value is -2.63. The van der Waals surface area contributed by atoms with Crippen molar-refractivity contribution < 1.29 is 34.1 Å². The molecule has 9 nitrogen and oxygen atoms in total. The van der Waals surface area contributed by atoms with Crippen molar-refractivity contribution in [1.82, 2.24) is 10.2 Å². The van der Waals surface area contributed by atoms with Gasteiger partial charge in [0.05, 0.1) is 6.42 Å². The lowest BCUT2D eigenvalue weighted by atomic mass is 9.97. The van der Waals surface area contributed by atoms with Gasteiger partial charge in [-0.2, -0.15) is 0 Å². The monoisotopic (exact) mass is 424 g/mol. The van der Waals surface area contributed by atoms with Crippen LogP contribution in [0.3, 0.4) is 0 Å². The lowest BCUT2D eigenvalue weighted by Gasteiger charge is -2.55. The fraction of sp³-hybridized carbons (Fsp3) is 0.294. The Morgan fingerprint density at radius 1 is 1.43 bits per heavy atom. The number of thioether (sulfide) groups is 1. The second kappa shape index (κ2) is 7.78. The van der Waals surface area contributed by atoms with Gasteiger partial charge in [0.2, 0.25) is 5.91 Å². The van der Waals surface area contributed by atoms with Gasteiger partial charge in [-0.15, -0.1) is 23.1 Å². The first-order valence-electron chi connectivity index (χ1n) is 8.01. The molecule has 2 amide bonds. The van der Waals surface area contributed by atoms with Crippen LogP contribution in [0.5, 0.6) is 0 Å². The van der Waals surface area contributed by atoms with Crippen LogP contribution >= 0.6 is 23.1 Å². The van der Waals surface area contributed by atoms with E-state index in [1.54, 1.807) is 6.07 Å². The Balaban J connectivity index is 1.85. The molecule has 3 rings (SSSR count). The molecule has 0 aliphatic carbocycles. The van der Waals surface area contributed by atoms with Crippen molar-refractivity contribution >= 4 is 46.9 Å². The molecule has 0 radical (unpaired) electrons. The van der Waals surface area contributed by atoms with Gasteiger partial charge in [-0.25, -0.2) is 9.59 Å². The zero-order chi connectivity index (χ0) is 20.5. The maximum atomic E-state index is 12.8. The summed E-state index contributed by atoms with van der Waals surface area (Å²) in [5, 5.41) is 22.0. The number of carbonyl (C=O) groups is 4. The number of carboxylic acids is 2. The van der Waals surface area contributed by atoms with E-state index in [0.717, 1.165) is 21.9 Å². The standard InChI is InChI=1S/C17H16N2O7S2/c1-26-17(18-11(20)7-10-3-2-6-27-10)15(25)19-13(14(23)24)9(4-5-12(21)22)8-28-16(17)19/h2-6,16H,7-8H2,1H3,(H,18,20)(H,21,22)(H,23,24)/b5-4+/t16-,17+/m1/s1. The van der Waals surface area contributed by atoms with E-state index in [0.29, 0.717) is 0 Å². The van der Waals surface area contributed by atoms with Gasteiger partial charge < -0.3 is 20.3 Å². The number of allylic oxidation sites excluding steroid dienone is 1. The van der Waals surface area contributed by atoms with Gasteiger partial charge in [0.15, 0.2) is 0 Å². The van der Waals surface area contributed by atoms with Gasteiger partial charge in [0.25, 0.3) is 11.6 Å². The average Bonchev–Trinajstić information content (AvgIpc) is 3.15. The van der Waals surface area contributed by atoms with E-state index in [-0.39, 0.29) is 23.4 Å². The fourth-order valence-corrected chi connectivity index (χ4v) is 5.14. The highest BCUT2D eigenvalue weighted by molar-refractivity contribution is 8.00. The summed E-state index contributed by atoms with van der Waals surface area (Å²) in [6.07, 6.45) is 2.04. The summed E-state index contributed by atoms with van der Waals surface area (Å²) < 4.78 is 5.34. The van der Waals surface area contributed by atoms with Gasteiger partial charge in [-0.05, 0) is 23.1 Å². The van der Waals surface area contributed by atoms with Gasteiger partial charge in [-0.1, -0.05) is 6.07 Å². The van der Waals surface area contributed by atoms with Crippen molar-refractivity contribution in [3.8, 4) is 0 Å². The fourth-order valence-electron chi connectivity index (χ4n) is 3.03. The molecule has 0 unspecified atom stereocenters. The van der Waals surface area contributed by atoms with Crippen LogP contribution < -0.4 is 5.32 Å². The van der Waals surface area contributed by atoms with Crippen LogP contribution in [0.15, 0.2) is 40.9 Å². The highest BCUT2D eigenvalue weighted by Gasteiger charge is 2.66. The number of aliphatic carboxylic acids is 2. The van der Waals surface area contributed by atoms with E-state index in [1.807, 2.05) is 11.4 Å². The molecule has 2 atom stereocenters. The number of amides is 2. The zero-order valence-corrected chi connectivity index (χ0v) is 16.2. The summed E-state index contributed by atoms with van der Waals surface area (Å²) in [5.41, 5.74) is -1.78. The lowest BCUT2D eigenvalue weighted by molar-refractivity contribution is -0.192. The van der Waals surface area contributed by atoms with Gasteiger partial charge in [0, 0.05) is 23.8 Å². The number of β-lactam (4-membered cyclic amide) rings is 1. The van der Waals surface area contributed by atoms with Crippen LogP contribution in [0.1, 0.15) is 4.88 Å². The summed E-state index contributed by atoms with van der Waals surface area (Å²) in [7, 11) is 1.27. The number of methoxy groups -OCH3 is 1. The molecule has 148 valence electrons. The molecular formula is C17H16N2O7S2. The molecule has 1 fully saturated rings. The van der Waals surface area contributed by atoms with E-state index < -0.39 is 34.9 Å². The van der Waals surface area contributed by atoms with Crippen LogP contribution in [0.25, 0.3) is 0 Å². The quantitative estimate of drug-likeness (QED) is 0.330. The van der Waals surface area contributed by atoms with Crippen LogP contribution in [-0.2, 0) is 30.3 Å². The molecule has 1 aromatic heterocycles. The summed E-state index contributed by atoms with van der Waals surface area (Å²) in [6.45, 7) is 0. The summed E-state index contributed by atoms with van der Waals surface area (Å²) >= 11 is 2.59. The number of carbonyl (C=O) groups excluding carboxylic acids is 2. The van der Waals surface area contributed by atoms with Crippen molar-refractivity contribution in [2.45, 2.75) is 17.5 Å². The maximum Gasteiger partial charge on any atom is 0.352 e. The van der Waals surface area contributed by atoms with Crippen LogP contribution in [-0.4, -0.2) is 62.8 Å². The number of ether oxygens (including phenoxy) is 1. The summed E-state index contributed by atoms with van der Waals surface area (Å²) in [6, 6.07) is 3.60. The molecule has 1 saturated heterocycles. The molecule has 2 aliphatic heterocycles. The maximum absolute atomic E-state index is 12.8. The third-order valence-electron chi connectivity index (χ3n) is 4.25. The Kier molecular flexibility index (Phi) is 5.59. The minimum atomic E-state index is -1.66. The van der Waals surface area contributed by atoms with Crippen molar-refractivity contribution in [2.24, 2.45) is 0 Å². The lowest BCUT2D eigenvalue weighted by Crippen LogP contribution is -2.80. The molecule has 0 bridgehead atoms. The Bertz CT molecular complexity index is 893. The van der Waals surface area contributed by atoms with Gasteiger partial charge >= 0.3 is 11.9 Å². The topological polar surface area (TPSA) is 133 Å². The molecule has 11 heteroatoms. The molecule has 2 aliphatic rings. The van der Waals surface area contributed by atoms with Crippen LogP contribution in [0.4, 0.5) is 0 Å². The molecule has 28 heavy (non-hydrogen) atoms. The molecular weight excluding hydrogens is 408 g/mol. The predicted octanol–water partition coefficient (Wildman–Crippen LogP) is 0.644. The van der Waals surface area contributed by atoms with Crippen LogP contribution in [0.2, 0.25) is 0 Å². The summed E-state index contributed by atoms with van der Waals surface area (Å²) in [5.74, 6) is -3.59. The number of hydrogen-bond donors (Lipinski definition) is 3.